The zero-order valence-electron chi connectivity index (χ0n) is 19.5. The van der Waals surface area contributed by atoms with Crippen molar-refractivity contribution < 1.29 is 14.3 Å². The Bertz CT molecular complexity index is 1170. The molecule has 0 bridgehead atoms. The minimum Gasteiger partial charge on any atom is -0.445 e. The fraction of sp³-hybridized carbons (Fsp3) is 0.379. The van der Waals surface area contributed by atoms with Crippen LogP contribution in [0.4, 0.5) is 4.79 Å². The highest BCUT2D eigenvalue weighted by molar-refractivity contribution is 5.96. The summed E-state index contributed by atoms with van der Waals surface area (Å²) >= 11 is 0. The first-order chi connectivity index (χ1) is 16.7. The van der Waals surface area contributed by atoms with Gasteiger partial charge in [0, 0.05) is 35.6 Å². The molecule has 176 valence electrons. The molecule has 1 atom stereocenters. The van der Waals surface area contributed by atoms with Gasteiger partial charge >= 0.3 is 6.09 Å². The third-order valence-electron chi connectivity index (χ3n) is 7.26. The minimum absolute atomic E-state index is 0.130. The Hall–Kier alpha value is -3.34. The molecule has 5 nitrogen and oxygen atoms in total. The van der Waals surface area contributed by atoms with Gasteiger partial charge in [-0.25, -0.2) is 4.79 Å². The van der Waals surface area contributed by atoms with Crippen LogP contribution in [0.5, 0.6) is 0 Å². The first-order valence-electron chi connectivity index (χ1n) is 12.5. The van der Waals surface area contributed by atoms with Crippen molar-refractivity contribution >= 4 is 28.9 Å². The largest absolute Gasteiger partial charge is 0.445 e. The number of hydrogen-bond donors (Lipinski definition) is 1. The predicted octanol–water partition coefficient (Wildman–Crippen LogP) is 6.28. The van der Waals surface area contributed by atoms with Gasteiger partial charge in [-0.3, -0.25) is 4.79 Å². The molecule has 1 aliphatic heterocycles. The molecule has 34 heavy (non-hydrogen) atoms. The van der Waals surface area contributed by atoms with Gasteiger partial charge in [0.2, 0.25) is 0 Å². The second kappa shape index (κ2) is 10.3. The molecule has 0 radical (unpaired) electrons. The Kier molecular flexibility index (Phi) is 6.79. The molecule has 0 spiro atoms. The molecular weight excluding hydrogens is 424 g/mol. The Morgan fingerprint density at radius 2 is 1.85 bits per heavy atom. The summed E-state index contributed by atoms with van der Waals surface area (Å²) in [5.41, 5.74) is 4.30. The van der Waals surface area contributed by atoms with Crippen molar-refractivity contribution in [1.29, 1.82) is 0 Å². The van der Waals surface area contributed by atoms with Gasteiger partial charge in [0.15, 0.2) is 5.78 Å². The minimum atomic E-state index is -0.236. The van der Waals surface area contributed by atoms with Gasteiger partial charge in [0.05, 0.1) is 0 Å². The van der Waals surface area contributed by atoms with E-state index in [1.54, 1.807) is 6.08 Å². The Balaban J connectivity index is 1.25. The lowest BCUT2D eigenvalue weighted by Crippen LogP contribution is -2.37. The van der Waals surface area contributed by atoms with Crippen LogP contribution in [0.1, 0.15) is 55.2 Å². The van der Waals surface area contributed by atoms with Crippen LogP contribution < -0.4 is 0 Å². The standard InChI is InChI=1S/C29H32N2O3/c32-28(23-9-4-5-10-23)15-13-21-12-14-27-26(17-21)24(19-30-27)18-25-11-6-16-31(25)29(33)34-20-22-7-2-1-3-8-22/h1-3,7-8,12-15,17,19,23,25,30H,4-6,9-11,16,18,20H2/t25-/m1/s1. The van der Waals surface area contributed by atoms with Crippen molar-refractivity contribution in [2.24, 2.45) is 5.92 Å². The highest BCUT2D eigenvalue weighted by Gasteiger charge is 2.30. The highest BCUT2D eigenvalue weighted by atomic mass is 16.6. The maximum atomic E-state index is 12.8. The summed E-state index contributed by atoms with van der Waals surface area (Å²) < 4.78 is 5.60. The topological polar surface area (TPSA) is 62.4 Å². The number of allylic oxidation sites excluding steroid dienone is 1. The molecule has 1 saturated carbocycles. The van der Waals surface area contributed by atoms with Crippen molar-refractivity contribution in [3.63, 3.8) is 0 Å². The number of aromatic amines is 1. The lowest BCUT2D eigenvalue weighted by Gasteiger charge is -2.24. The molecule has 3 aromatic rings. The maximum absolute atomic E-state index is 12.8. The first kappa shape index (κ1) is 22.5. The third kappa shape index (κ3) is 5.09. The van der Waals surface area contributed by atoms with Crippen molar-refractivity contribution in [1.82, 2.24) is 9.88 Å². The first-order valence-corrected chi connectivity index (χ1v) is 12.5. The van der Waals surface area contributed by atoms with E-state index in [-0.39, 0.29) is 23.8 Å². The summed E-state index contributed by atoms with van der Waals surface area (Å²) in [6.07, 6.45) is 12.6. The summed E-state index contributed by atoms with van der Waals surface area (Å²) in [4.78, 5) is 30.5. The van der Waals surface area contributed by atoms with Crippen LogP contribution in [-0.4, -0.2) is 34.3 Å². The number of hydrogen-bond acceptors (Lipinski definition) is 3. The second-order valence-corrected chi connectivity index (χ2v) is 9.57. The molecule has 1 N–H and O–H groups in total. The molecular formula is C29H32N2O3. The van der Waals surface area contributed by atoms with Gasteiger partial charge in [-0.15, -0.1) is 0 Å². The summed E-state index contributed by atoms with van der Waals surface area (Å²) in [6.45, 7) is 1.03. The molecule has 1 aromatic heterocycles. The molecule has 2 fully saturated rings. The maximum Gasteiger partial charge on any atom is 0.410 e. The lowest BCUT2D eigenvalue weighted by atomic mass is 10.00. The average Bonchev–Trinajstić information content (AvgIpc) is 3.64. The zero-order valence-corrected chi connectivity index (χ0v) is 19.5. The van der Waals surface area contributed by atoms with E-state index < -0.39 is 0 Å². The van der Waals surface area contributed by atoms with Crippen LogP contribution in [-0.2, 0) is 22.6 Å². The van der Waals surface area contributed by atoms with Crippen molar-refractivity contribution in [3.05, 3.63) is 77.5 Å². The molecule has 2 aliphatic rings. The van der Waals surface area contributed by atoms with E-state index in [0.717, 1.165) is 60.7 Å². The zero-order chi connectivity index (χ0) is 23.3. The quantitative estimate of drug-likeness (QED) is 0.425. The van der Waals surface area contributed by atoms with Gasteiger partial charge in [0.1, 0.15) is 6.61 Å². The van der Waals surface area contributed by atoms with E-state index in [1.807, 2.05) is 53.6 Å². The van der Waals surface area contributed by atoms with E-state index in [0.29, 0.717) is 6.61 Å². The van der Waals surface area contributed by atoms with Crippen LogP contribution >= 0.6 is 0 Å². The number of carbonyl (C=O) groups is 2. The van der Waals surface area contributed by atoms with Crippen molar-refractivity contribution in [2.45, 2.75) is 57.6 Å². The van der Waals surface area contributed by atoms with Gasteiger partial charge in [-0.1, -0.05) is 55.3 Å². The van der Waals surface area contributed by atoms with E-state index in [4.69, 9.17) is 4.74 Å². The summed E-state index contributed by atoms with van der Waals surface area (Å²) in [7, 11) is 0. The van der Waals surface area contributed by atoms with E-state index in [9.17, 15) is 9.59 Å². The Morgan fingerprint density at radius 3 is 2.68 bits per heavy atom. The molecule has 5 heteroatoms. The lowest BCUT2D eigenvalue weighted by molar-refractivity contribution is -0.117. The number of fused-ring (bicyclic) bond motifs is 1. The number of ketones is 1. The van der Waals surface area contributed by atoms with Crippen LogP contribution in [0.15, 0.2) is 60.8 Å². The third-order valence-corrected chi connectivity index (χ3v) is 7.26. The average molecular weight is 457 g/mol. The van der Waals surface area contributed by atoms with Gasteiger partial charge in [-0.2, -0.15) is 0 Å². The number of ether oxygens (including phenoxy) is 1. The normalized spacial score (nSPS) is 18.8. The molecule has 2 heterocycles. The number of carbonyl (C=O) groups excluding carboxylic acids is 2. The monoisotopic (exact) mass is 456 g/mol. The Morgan fingerprint density at radius 1 is 1.03 bits per heavy atom. The summed E-state index contributed by atoms with van der Waals surface area (Å²) in [6, 6.07) is 16.2. The fourth-order valence-electron chi connectivity index (χ4n) is 5.34. The van der Waals surface area contributed by atoms with Gasteiger partial charge in [-0.05, 0) is 67.0 Å². The van der Waals surface area contributed by atoms with Crippen LogP contribution in [0, 0.1) is 5.92 Å². The van der Waals surface area contributed by atoms with E-state index >= 15 is 0 Å². The van der Waals surface area contributed by atoms with Crippen LogP contribution in [0.25, 0.3) is 17.0 Å². The Labute approximate surface area is 200 Å². The number of aromatic nitrogens is 1. The number of likely N-dealkylation sites (tertiary alicyclic amines) is 1. The highest BCUT2D eigenvalue weighted by Crippen LogP contribution is 2.28. The molecule has 1 amide bonds. The summed E-state index contributed by atoms with van der Waals surface area (Å²) in [5, 5.41) is 1.15. The smallest absolute Gasteiger partial charge is 0.410 e. The van der Waals surface area contributed by atoms with Crippen LogP contribution in [0.2, 0.25) is 0 Å². The molecule has 1 saturated heterocycles. The number of benzene rings is 2. The summed E-state index contributed by atoms with van der Waals surface area (Å²) in [5.74, 6) is 0.459. The number of rotatable bonds is 7. The molecule has 0 unspecified atom stereocenters. The number of amides is 1. The van der Waals surface area contributed by atoms with Crippen molar-refractivity contribution in [3.8, 4) is 0 Å². The van der Waals surface area contributed by atoms with Crippen LogP contribution in [0.3, 0.4) is 0 Å². The predicted molar refractivity (Wildman–Crippen MR) is 134 cm³/mol. The molecule has 2 aromatic carbocycles. The van der Waals surface area contributed by atoms with Gasteiger partial charge < -0.3 is 14.6 Å². The SMILES string of the molecule is O=C(C=Cc1ccc2[nH]cc(C[C@H]3CCCN3C(=O)OCc3ccccc3)c2c1)C1CCCC1. The van der Waals surface area contributed by atoms with E-state index in [2.05, 4.69) is 17.1 Å². The second-order valence-electron chi connectivity index (χ2n) is 9.57. The van der Waals surface area contributed by atoms with Gasteiger partial charge in [0.25, 0.3) is 0 Å². The van der Waals surface area contributed by atoms with Crippen molar-refractivity contribution in [2.75, 3.05) is 6.54 Å². The number of nitrogens with one attached hydrogen (secondary N) is 1. The molecule has 5 rings (SSSR count). The molecule has 1 aliphatic carbocycles. The number of H-pyrrole nitrogens is 1. The number of nitrogens with zero attached hydrogens (tertiary/aromatic N) is 1. The van der Waals surface area contributed by atoms with E-state index in [1.165, 1.54) is 18.4 Å². The fourth-order valence-corrected chi connectivity index (χ4v) is 5.34.